The molecule has 0 spiro atoms. The number of hydrogen-bond acceptors (Lipinski definition) is 5. The Morgan fingerprint density at radius 1 is 1.55 bits per heavy atom. The monoisotopic (exact) mass is 283 g/mol. The highest BCUT2D eigenvalue weighted by molar-refractivity contribution is 5.23. The van der Waals surface area contributed by atoms with Crippen molar-refractivity contribution in [3.63, 3.8) is 0 Å². The van der Waals surface area contributed by atoms with Crippen LogP contribution in [0, 0.1) is 6.92 Å². The van der Waals surface area contributed by atoms with Crippen molar-refractivity contribution in [1.29, 1.82) is 0 Å². The molecule has 1 aromatic rings. The third-order valence-corrected chi connectivity index (χ3v) is 3.00. The van der Waals surface area contributed by atoms with Crippen LogP contribution in [0.3, 0.4) is 0 Å². The lowest BCUT2D eigenvalue weighted by molar-refractivity contribution is -0.0802. The summed E-state index contributed by atoms with van der Waals surface area (Å²) in [4.78, 5) is 29.2. The molecule has 7 heteroatoms. The number of aromatic nitrogens is 2. The molecule has 0 aromatic carbocycles. The molecule has 0 aliphatic rings. The first-order chi connectivity index (χ1) is 9.53. The summed E-state index contributed by atoms with van der Waals surface area (Å²) in [7, 11) is 0. The van der Waals surface area contributed by atoms with Gasteiger partial charge in [0.15, 0.2) is 0 Å². The number of nitrogens with zero attached hydrogens (tertiary/aromatic N) is 2. The molecule has 0 unspecified atom stereocenters. The number of aliphatic hydroxyl groups excluding tert-OH is 1. The third-order valence-electron chi connectivity index (χ3n) is 3.00. The van der Waals surface area contributed by atoms with Gasteiger partial charge in [0.05, 0.1) is 12.7 Å². The second-order valence-corrected chi connectivity index (χ2v) is 4.52. The normalized spacial score (nSPS) is 13.9. The van der Waals surface area contributed by atoms with Crippen LogP contribution in [0.5, 0.6) is 0 Å². The number of aliphatic hydroxyl groups is 1. The van der Waals surface area contributed by atoms with Crippen molar-refractivity contribution in [1.82, 2.24) is 9.55 Å². The van der Waals surface area contributed by atoms with E-state index in [1.54, 1.807) is 6.92 Å². The van der Waals surface area contributed by atoms with Gasteiger partial charge >= 0.3 is 5.69 Å². The smallest absolute Gasteiger partial charge is 0.330 e. The molecule has 1 aromatic heterocycles. The van der Waals surface area contributed by atoms with Crippen LogP contribution in [-0.2, 0) is 4.74 Å². The summed E-state index contributed by atoms with van der Waals surface area (Å²) in [5, 5.41) is 9.21. The topological polar surface area (TPSA) is 96.7 Å². The highest BCUT2D eigenvalue weighted by Gasteiger charge is 2.18. The minimum Gasteiger partial charge on any atom is -0.394 e. The molecule has 2 N–H and O–H groups in total. The Kier molecular flexibility index (Phi) is 6.33. The summed E-state index contributed by atoms with van der Waals surface area (Å²) in [6, 6.07) is 0. The van der Waals surface area contributed by atoms with Gasteiger partial charge in [0.1, 0.15) is 6.23 Å². The highest BCUT2D eigenvalue weighted by atomic mass is 16.5. The van der Waals surface area contributed by atoms with Crippen LogP contribution in [0.15, 0.2) is 20.8 Å². The maximum absolute atomic E-state index is 11.9. The molecule has 0 radical (unpaired) electrons. The molecule has 0 bridgehead atoms. The molecule has 0 aliphatic carbocycles. The fourth-order valence-corrected chi connectivity index (χ4v) is 1.76. The van der Waals surface area contributed by atoms with Crippen LogP contribution in [-0.4, -0.2) is 40.6 Å². The summed E-state index contributed by atoms with van der Waals surface area (Å²) < 4.78 is 7.04. The molecule has 1 heterocycles. The predicted octanol–water partition coefficient (Wildman–Crippen LogP) is 0.222. The van der Waals surface area contributed by atoms with Gasteiger partial charge in [-0.1, -0.05) is 6.92 Å². The highest BCUT2D eigenvalue weighted by Crippen LogP contribution is 2.15. The molecule has 0 aliphatic heterocycles. The van der Waals surface area contributed by atoms with E-state index in [9.17, 15) is 14.7 Å². The summed E-state index contributed by atoms with van der Waals surface area (Å²) in [6.07, 6.45) is 1.54. The average molecular weight is 283 g/mol. The molecular weight excluding hydrogens is 262 g/mol. The molecule has 0 saturated carbocycles. The van der Waals surface area contributed by atoms with Gasteiger partial charge in [-0.25, -0.2) is 4.79 Å². The van der Waals surface area contributed by atoms with Crippen LogP contribution >= 0.6 is 0 Å². The molecule has 0 fully saturated rings. The molecule has 112 valence electrons. The number of aryl methyl sites for hydroxylation is 1. The molecule has 0 amide bonds. The fourth-order valence-electron chi connectivity index (χ4n) is 1.76. The lowest BCUT2D eigenvalue weighted by Gasteiger charge is -2.24. The van der Waals surface area contributed by atoms with E-state index in [-0.39, 0.29) is 12.7 Å². The summed E-state index contributed by atoms with van der Waals surface area (Å²) in [5.41, 5.74) is -0.537. The largest absolute Gasteiger partial charge is 0.394 e. The molecule has 7 nitrogen and oxygen atoms in total. The van der Waals surface area contributed by atoms with Crippen LogP contribution in [0.4, 0.5) is 0 Å². The summed E-state index contributed by atoms with van der Waals surface area (Å²) >= 11 is 0. The zero-order valence-electron chi connectivity index (χ0n) is 11.8. The zero-order valence-corrected chi connectivity index (χ0v) is 11.8. The van der Waals surface area contributed by atoms with Gasteiger partial charge in [-0.2, -0.15) is 0 Å². The maximum Gasteiger partial charge on any atom is 0.330 e. The van der Waals surface area contributed by atoms with Crippen LogP contribution < -0.4 is 11.2 Å². The van der Waals surface area contributed by atoms with Crippen molar-refractivity contribution in [2.45, 2.75) is 39.0 Å². The van der Waals surface area contributed by atoms with Crippen molar-refractivity contribution in [3.8, 4) is 0 Å². The van der Waals surface area contributed by atoms with Gasteiger partial charge in [-0.05, 0) is 20.1 Å². The number of aromatic amines is 1. The van der Waals surface area contributed by atoms with Gasteiger partial charge in [0, 0.05) is 24.7 Å². The van der Waals surface area contributed by atoms with Crippen LogP contribution in [0.1, 0.15) is 31.6 Å². The van der Waals surface area contributed by atoms with Gasteiger partial charge < -0.3 is 14.8 Å². The van der Waals surface area contributed by atoms with E-state index in [0.717, 1.165) is 0 Å². The van der Waals surface area contributed by atoms with Crippen molar-refractivity contribution >= 4 is 6.72 Å². The minimum absolute atomic E-state index is 0.133. The summed E-state index contributed by atoms with van der Waals surface area (Å²) in [5.74, 6) is 0. The van der Waals surface area contributed by atoms with Crippen molar-refractivity contribution < 1.29 is 9.84 Å². The Bertz CT molecular complexity index is 545. The van der Waals surface area contributed by atoms with Gasteiger partial charge in [-0.15, -0.1) is 0 Å². The Morgan fingerprint density at radius 3 is 2.80 bits per heavy atom. The zero-order chi connectivity index (χ0) is 15.1. The quantitative estimate of drug-likeness (QED) is 0.667. The van der Waals surface area contributed by atoms with E-state index in [2.05, 4.69) is 16.7 Å². The van der Waals surface area contributed by atoms with E-state index in [1.807, 2.05) is 6.92 Å². The lowest BCUT2D eigenvalue weighted by Crippen LogP contribution is -2.36. The second kappa shape index (κ2) is 7.76. The number of aliphatic imine (C=N–C) groups is 1. The molecular formula is C13H21N3O4. The van der Waals surface area contributed by atoms with Gasteiger partial charge in [-0.3, -0.25) is 14.3 Å². The standard InChI is InChI=1S/C13H21N3O4/c1-4-10(8-17)20-11(5-6-14-3)16-7-9(2)12(18)15-13(16)19/h7,10-11,17H,3-6,8H2,1-2H3,(H,15,18,19)/t10-,11+/m0/s1. The minimum atomic E-state index is -0.597. The third kappa shape index (κ3) is 4.14. The number of H-pyrrole nitrogens is 1. The first kappa shape index (κ1) is 16.3. The molecule has 1 rings (SSSR count). The Hall–Kier alpha value is -1.73. The number of hydrogen-bond donors (Lipinski definition) is 2. The fraction of sp³-hybridized carbons (Fsp3) is 0.615. The van der Waals surface area contributed by atoms with Crippen LogP contribution in [0.2, 0.25) is 0 Å². The van der Waals surface area contributed by atoms with Crippen molar-refractivity contribution in [2.24, 2.45) is 4.99 Å². The van der Waals surface area contributed by atoms with E-state index in [0.29, 0.717) is 24.9 Å². The Morgan fingerprint density at radius 2 is 2.25 bits per heavy atom. The molecule has 0 saturated heterocycles. The van der Waals surface area contributed by atoms with Gasteiger partial charge in [0.2, 0.25) is 0 Å². The Balaban J connectivity index is 3.09. The van der Waals surface area contributed by atoms with E-state index >= 15 is 0 Å². The number of ether oxygens (including phenoxy) is 1. The SMILES string of the molecule is C=NCC[C@@H](O[C@@H](CC)CO)n1cc(C)c(=O)[nH]c1=O. The Labute approximate surface area is 116 Å². The lowest BCUT2D eigenvalue weighted by atomic mass is 10.3. The second-order valence-electron chi connectivity index (χ2n) is 4.52. The first-order valence-electron chi connectivity index (χ1n) is 6.54. The molecule has 2 atom stereocenters. The predicted molar refractivity (Wildman–Crippen MR) is 76.4 cm³/mol. The van der Waals surface area contributed by atoms with E-state index in [4.69, 9.17) is 4.74 Å². The van der Waals surface area contributed by atoms with E-state index in [1.165, 1.54) is 10.8 Å². The van der Waals surface area contributed by atoms with Crippen molar-refractivity contribution in [3.05, 3.63) is 32.6 Å². The maximum atomic E-state index is 11.9. The van der Waals surface area contributed by atoms with Crippen LogP contribution in [0.25, 0.3) is 0 Å². The number of nitrogens with one attached hydrogen (secondary N) is 1. The van der Waals surface area contributed by atoms with E-state index < -0.39 is 17.5 Å². The average Bonchev–Trinajstić information content (AvgIpc) is 2.44. The number of rotatable bonds is 8. The molecule has 20 heavy (non-hydrogen) atoms. The first-order valence-corrected chi connectivity index (χ1v) is 6.54. The van der Waals surface area contributed by atoms with Crippen molar-refractivity contribution in [2.75, 3.05) is 13.2 Å². The van der Waals surface area contributed by atoms with Gasteiger partial charge in [0.25, 0.3) is 5.56 Å². The summed E-state index contributed by atoms with van der Waals surface area (Å²) in [6.45, 7) is 7.17.